The molecule has 25 heavy (non-hydrogen) atoms. The molecule has 0 aliphatic heterocycles. The summed E-state index contributed by atoms with van der Waals surface area (Å²) in [4.78, 5) is 0. The molecule has 0 spiro atoms. The molecule has 0 bridgehead atoms. The minimum absolute atomic E-state index is 0.0735. The highest BCUT2D eigenvalue weighted by atomic mass is 32.2. The van der Waals surface area contributed by atoms with Gasteiger partial charge in [0.2, 0.25) is 8.32 Å². The molecule has 144 valence electrons. The van der Waals surface area contributed by atoms with E-state index in [9.17, 15) is 21.6 Å². The Hall–Kier alpha value is -0.863. The van der Waals surface area contributed by atoms with E-state index in [0.717, 1.165) is 5.56 Å². The molecule has 0 aliphatic carbocycles. The molecule has 8 heteroatoms. The first kappa shape index (κ1) is 22.2. The minimum Gasteiger partial charge on any atom is -0.307 e. The van der Waals surface area contributed by atoms with Crippen LogP contribution in [-0.2, 0) is 19.0 Å². The summed E-state index contributed by atoms with van der Waals surface area (Å²) in [5.74, 6) is -0.0735. The largest absolute Gasteiger partial charge is 0.522 e. The van der Waals surface area contributed by atoms with Gasteiger partial charge in [-0.1, -0.05) is 71.9 Å². The van der Waals surface area contributed by atoms with Crippen molar-refractivity contribution in [3.8, 4) is 0 Å². The van der Waals surface area contributed by atoms with Crippen LogP contribution in [0.2, 0.25) is 11.6 Å². The third kappa shape index (κ3) is 3.80. The lowest BCUT2D eigenvalue weighted by atomic mass is 9.98. The molecular weight excluding hydrogens is 369 g/mol. The van der Waals surface area contributed by atoms with Gasteiger partial charge in [0.25, 0.3) is 0 Å². The second-order valence-corrected chi connectivity index (χ2v) is 14.5. The molecule has 0 radical (unpaired) electrons. The Morgan fingerprint density at radius 2 is 1.44 bits per heavy atom. The zero-order valence-corrected chi connectivity index (χ0v) is 17.5. The summed E-state index contributed by atoms with van der Waals surface area (Å²) < 4.78 is 68.1. The van der Waals surface area contributed by atoms with Crippen LogP contribution in [0.4, 0.5) is 13.2 Å². The van der Waals surface area contributed by atoms with E-state index in [1.54, 1.807) is 64.6 Å². The van der Waals surface area contributed by atoms with Gasteiger partial charge in [-0.3, -0.25) is 0 Å². The van der Waals surface area contributed by atoms with E-state index >= 15 is 0 Å². The Morgan fingerprint density at radius 3 is 1.80 bits per heavy atom. The lowest BCUT2D eigenvalue weighted by Crippen LogP contribution is -2.62. The molecule has 1 unspecified atom stereocenters. The monoisotopic (exact) mass is 396 g/mol. The molecule has 0 amide bonds. The molecule has 1 atom stereocenters. The zero-order chi connectivity index (χ0) is 19.9. The van der Waals surface area contributed by atoms with Crippen molar-refractivity contribution >= 4 is 18.4 Å². The Kier molecular flexibility index (Phi) is 5.94. The van der Waals surface area contributed by atoms with Gasteiger partial charge in [0.15, 0.2) is 0 Å². The molecule has 0 aromatic heterocycles. The summed E-state index contributed by atoms with van der Waals surface area (Å²) in [5, 5.41) is -1.62. The normalized spacial score (nSPS) is 16.8. The molecule has 0 saturated heterocycles. The van der Waals surface area contributed by atoms with E-state index in [4.69, 9.17) is 3.87 Å². The maximum Gasteiger partial charge on any atom is 0.522 e. The Bertz CT molecular complexity index is 698. The van der Waals surface area contributed by atoms with Crippen LogP contribution in [0.3, 0.4) is 0 Å². The van der Waals surface area contributed by atoms with Gasteiger partial charge in [-0.15, -0.1) is 0 Å². The van der Waals surface area contributed by atoms with Gasteiger partial charge in [-0.25, -0.2) is 0 Å². The van der Waals surface area contributed by atoms with Crippen molar-refractivity contribution in [1.29, 1.82) is 0 Å². The Balaban J connectivity index is 3.66. The predicted molar refractivity (Wildman–Crippen MR) is 96.0 cm³/mol. The van der Waals surface area contributed by atoms with Gasteiger partial charge in [0, 0.05) is 5.04 Å². The summed E-state index contributed by atoms with van der Waals surface area (Å²) in [6.45, 7) is 12.4. The summed E-state index contributed by atoms with van der Waals surface area (Å²) >= 11 is 0. The molecular formula is C17H27F3O3SSi. The molecule has 3 nitrogen and oxygen atoms in total. The van der Waals surface area contributed by atoms with Crippen LogP contribution >= 0.6 is 0 Å². The molecule has 0 heterocycles. The second kappa shape index (κ2) is 6.70. The molecule has 1 rings (SSSR count). The van der Waals surface area contributed by atoms with Crippen molar-refractivity contribution < 1.29 is 25.5 Å². The van der Waals surface area contributed by atoms with Gasteiger partial charge in [0.1, 0.15) is 0 Å². The van der Waals surface area contributed by atoms with Crippen molar-refractivity contribution in [2.75, 3.05) is 0 Å². The van der Waals surface area contributed by atoms with E-state index in [1.807, 2.05) is 13.8 Å². The Labute approximate surface area is 149 Å². The van der Waals surface area contributed by atoms with Gasteiger partial charge in [-0.05, 0) is 23.1 Å². The quantitative estimate of drug-likeness (QED) is 0.479. The van der Waals surface area contributed by atoms with E-state index in [-0.39, 0.29) is 5.92 Å². The molecule has 1 aromatic rings. The summed E-state index contributed by atoms with van der Waals surface area (Å²) in [6, 6.07) is 8.97. The third-order valence-corrected chi connectivity index (χ3v) is 14.4. The van der Waals surface area contributed by atoms with E-state index < -0.39 is 34.0 Å². The fraction of sp³-hybridized carbons (Fsp3) is 0.647. The van der Waals surface area contributed by atoms with Gasteiger partial charge in [0.05, 0.1) is 0 Å². The second-order valence-electron chi connectivity index (χ2n) is 7.88. The van der Waals surface area contributed by atoms with Crippen molar-refractivity contribution in [3.05, 3.63) is 35.9 Å². The minimum atomic E-state index is -5.70. The van der Waals surface area contributed by atoms with Crippen LogP contribution in [-0.4, -0.2) is 22.2 Å². The van der Waals surface area contributed by atoms with Crippen LogP contribution in [0.5, 0.6) is 0 Å². The van der Waals surface area contributed by atoms with E-state index in [1.165, 1.54) is 0 Å². The van der Waals surface area contributed by atoms with Crippen molar-refractivity contribution in [1.82, 2.24) is 0 Å². The van der Waals surface area contributed by atoms with E-state index in [0.29, 0.717) is 0 Å². The number of hydrogen-bond donors (Lipinski definition) is 0. The topological polar surface area (TPSA) is 43.4 Å². The van der Waals surface area contributed by atoms with Crippen LogP contribution < -0.4 is 0 Å². The lowest BCUT2D eigenvalue weighted by Gasteiger charge is -2.52. The number of hydrogen-bond acceptors (Lipinski definition) is 3. The zero-order valence-electron chi connectivity index (χ0n) is 15.7. The maximum absolute atomic E-state index is 13.1. The first-order chi connectivity index (χ1) is 11.0. The van der Waals surface area contributed by atoms with Crippen LogP contribution in [0.25, 0.3) is 0 Å². The summed E-state index contributed by atoms with van der Waals surface area (Å²) in [5.41, 5.74) is -4.68. The highest BCUT2D eigenvalue weighted by Crippen LogP contribution is 2.54. The van der Waals surface area contributed by atoms with Crippen molar-refractivity contribution in [3.63, 3.8) is 0 Å². The average molecular weight is 397 g/mol. The molecule has 0 aliphatic rings. The fourth-order valence-electron chi connectivity index (χ4n) is 2.96. The standard InChI is InChI=1S/C17H27F3O3SSi/c1-13(2)15(3,4)25(7,23-24(21,22)17(18,19)20)16(5,6)14-11-9-8-10-12-14/h8-13H,1-7H3. The number of alkyl halides is 3. The van der Waals surface area contributed by atoms with Gasteiger partial charge < -0.3 is 3.87 Å². The van der Waals surface area contributed by atoms with Gasteiger partial charge >= 0.3 is 15.6 Å². The predicted octanol–water partition coefficient (Wildman–Crippen LogP) is 5.38. The summed E-state index contributed by atoms with van der Waals surface area (Å²) in [7, 11) is -9.26. The fourth-order valence-corrected chi connectivity index (χ4v) is 10.2. The van der Waals surface area contributed by atoms with Crippen LogP contribution in [0.15, 0.2) is 30.3 Å². The highest BCUT2D eigenvalue weighted by molar-refractivity contribution is 7.88. The van der Waals surface area contributed by atoms with Crippen molar-refractivity contribution in [2.24, 2.45) is 5.92 Å². The molecule has 0 saturated carbocycles. The SMILES string of the molecule is CC(C)C(C)(C)[Si](C)(OS(=O)(=O)C(F)(F)F)C(C)(C)c1ccccc1. The first-order valence-corrected chi connectivity index (χ1v) is 11.9. The van der Waals surface area contributed by atoms with Crippen LogP contribution in [0, 0.1) is 5.92 Å². The Morgan fingerprint density at radius 1 is 1.00 bits per heavy atom. The van der Waals surface area contributed by atoms with E-state index in [2.05, 4.69) is 0 Å². The lowest BCUT2D eigenvalue weighted by molar-refractivity contribution is -0.0507. The highest BCUT2D eigenvalue weighted by Gasteiger charge is 2.63. The molecule has 0 N–H and O–H groups in total. The molecule has 1 aromatic carbocycles. The van der Waals surface area contributed by atoms with Crippen molar-refractivity contribution in [2.45, 2.75) is 63.7 Å². The average Bonchev–Trinajstić information content (AvgIpc) is 2.45. The third-order valence-electron chi connectivity index (χ3n) is 5.92. The summed E-state index contributed by atoms with van der Waals surface area (Å²) in [6.07, 6.45) is 0. The number of rotatable bonds is 6. The van der Waals surface area contributed by atoms with Crippen LogP contribution in [0.1, 0.15) is 47.1 Å². The maximum atomic E-state index is 13.1. The smallest absolute Gasteiger partial charge is 0.307 e. The number of benzene rings is 1. The first-order valence-electron chi connectivity index (χ1n) is 8.08. The number of halogens is 3. The molecule has 0 fully saturated rings. The van der Waals surface area contributed by atoms with Gasteiger partial charge in [-0.2, -0.15) is 21.6 Å².